The van der Waals surface area contributed by atoms with Crippen molar-refractivity contribution in [3.63, 3.8) is 0 Å². The van der Waals surface area contributed by atoms with Gasteiger partial charge in [0.25, 0.3) is 0 Å². The molecule has 0 amide bonds. The number of halogens is 2. The number of hydrogen-bond donors (Lipinski definition) is 0. The van der Waals surface area contributed by atoms with E-state index in [0.717, 1.165) is 24.3 Å². The molecule has 0 N–H and O–H groups in total. The molecule has 0 saturated heterocycles. The molecule has 0 atom stereocenters. The second kappa shape index (κ2) is 7.63. The Morgan fingerprint density at radius 1 is 0.741 bits per heavy atom. The minimum atomic E-state index is -4.22. The van der Waals surface area contributed by atoms with Gasteiger partial charge in [-0.3, -0.25) is 4.79 Å². The molecule has 0 aliphatic heterocycles. The maximum absolute atomic E-state index is 13.2. The van der Waals surface area contributed by atoms with E-state index in [4.69, 9.17) is 0 Å². The third kappa shape index (κ3) is 4.17. The summed E-state index contributed by atoms with van der Waals surface area (Å²) in [7, 11) is -4.22. The molecule has 0 saturated carbocycles. The van der Waals surface area contributed by atoms with Crippen molar-refractivity contribution in [3.05, 3.63) is 107 Å². The van der Waals surface area contributed by atoms with Crippen LogP contribution in [-0.4, -0.2) is 14.2 Å². The lowest BCUT2D eigenvalue weighted by Crippen LogP contribution is -2.14. The number of allylic oxidation sites excluding steroid dienone is 1. The van der Waals surface area contributed by atoms with Crippen molar-refractivity contribution < 1.29 is 22.0 Å². The second-order valence-corrected chi connectivity index (χ2v) is 7.63. The van der Waals surface area contributed by atoms with Crippen LogP contribution >= 0.6 is 0 Å². The zero-order valence-electron chi connectivity index (χ0n) is 14.0. The van der Waals surface area contributed by atoms with E-state index in [9.17, 15) is 22.0 Å². The zero-order valence-corrected chi connectivity index (χ0v) is 14.8. The normalized spacial score (nSPS) is 12.0. The van der Waals surface area contributed by atoms with Gasteiger partial charge >= 0.3 is 0 Å². The summed E-state index contributed by atoms with van der Waals surface area (Å²) in [5.74, 6) is -1.78. The number of sulfone groups is 1. The SMILES string of the molecule is O=C(/C(=C/c1ccc(F)cc1)S(=O)(=O)c1ccc(F)cc1)c1ccccc1. The molecule has 0 bridgehead atoms. The van der Waals surface area contributed by atoms with Crippen LogP contribution in [0.2, 0.25) is 0 Å². The Hall–Kier alpha value is -3.12. The molecule has 0 unspecified atom stereocenters. The predicted molar refractivity (Wildman–Crippen MR) is 98.7 cm³/mol. The molecule has 136 valence electrons. The fourth-order valence-electron chi connectivity index (χ4n) is 2.45. The lowest BCUT2D eigenvalue weighted by molar-refractivity contribution is 0.104. The van der Waals surface area contributed by atoms with Crippen molar-refractivity contribution in [2.45, 2.75) is 4.90 Å². The Bertz CT molecular complexity index is 1090. The van der Waals surface area contributed by atoms with Crippen LogP contribution in [0.25, 0.3) is 6.08 Å². The van der Waals surface area contributed by atoms with Crippen LogP contribution in [0.3, 0.4) is 0 Å². The van der Waals surface area contributed by atoms with E-state index in [1.54, 1.807) is 18.2 Å². The molecule has 0 spiro atoms. The average Bonchev–Trinajstić information content (AvgIpc) is 2.68. The Morgan fingerprint density at radius 3 is 1.81 bits per heavy atom. The number of carbonyl (C=O) groups is 1. The van der Waals surface area contributed by atoms with Gasteiger partial charge in [-0.05, 0) is 48.0 Å². The smallest absolute Gasteiger partial charge is 0.210 e. The van der Waals surface area contributed by atoms with Gasteiger partial charge in [0.15, 0.2) is 0 Å². The van der Waals surface area contributed by atoms with Crippen molar-refractivity contribution in [3.8, 4) is 0 Å². The summed E-state index contributed by atoms with van der Waals surface area (Å²) in [5.41, 5.74) is 0.540. The Balaban J connectivity index is 2.16. The molecule has 3 nitrogen and oxygen atoms in total. The van der Waals surface area contributed by atoms with Crippen molar-refractivity contribution in [1.82, 2.24) is 0 Å². The number of carbonyl (C=O) groups excluding carboxylic acids is 1. The molecule has 27 heavy (non-hydrogen) atoms. The number of Topliss-reactive ketones (excluding diaryl/α,β-unsaturated/α-hetero) is 1. The number of benzene rings is 3. The van der Waals surface area contributed by atoms with Gasteiger partial charge in [-0.1, -0.05) is 42.5 Å². The fourth-order valence-corrected chi connectivity index (χ4v) is 3.85. The van der Waals surface area contributed by atoms with Crippen LogP contribution in [-0.2, 0) is 9.84 Å². The molecule has 6 heteroatoms. The van der Waals surface area contributed by atoms with E-state index in [1.165, 1.54) is 42.5 Å². The topological polar surface area (TPSA) is 51.2 Å². The monoisotopic (exact) mass is 384 g/mol. The highest BCUT2D eigenvalue weighted by molar-refractivity contribution is 7.96. The summed E-state index contributed by atoms with van der Waals surface area (Å²) in [6, 6.07) is 17.2. The molecule has 0 aliphatic carbocycles. The van der Waals surface area contributed by atoms with Crippen molar-refractivity contribution in [2.75, 3.05) is 0 Å². The molecular formula is C21H14F2O3S. The van der Waals surface area contributed by atoms with Crippen LogP contribution in [0.1, 0.15) is 15.9 Å². The van der Waals surface area contributed by atoms with Crippen LogP contribution in [0.4, 0.5) is 8.78 Å². The first kappa shape index (κ1) is 18.7. The summed E-state index contributed by atoms with van der Waals surface area (Å²) in [4.78, 5) is 12.2. The van der Waals surface area contributed by atoms with E-state index >= 15 is 0 Å². The van der Waals surface area contributed by atoms with Gasteiger partial charge in [0.05, 0.1) is 4.90 Å². The molecule has 0 fully saturated rings. The summed E-state index contributed by atoms with van der Waals surface area (Å²) >= 11 is 0. The van der Waals surface area contributed by atoms with Gasteiger partial charge in [-0.15, -0.1) is 0 Å². The maximum Gasteiger partial charge on any atom is 0.210 e. The van der Waals surface area contributed by atoms with Crippen LogP contribution in [0.5, 0.6) is 0 Å². The van der Waals surface area contributed by atoms with E-state index in [-0.39, 0.29) is 10.5 Å². The first-order valence-electron chi connectivity index (χ1n) is 7.95. The lowest BCUT2D eigenvalue weighted by Gasteiger charge is -2.09. The van der Waals surface area contributed by atoms with Gasteiger partial charge < -0.3 is 0 Å². The summed E-state index contributed by atoms with van der Waals surface area (Å²) in [5, 5.41) is 0. The fraction of sp³-hybridized carbons (Fsp3) is 0. The van der Waals surface area contributed by atoms with Gasteiger partial charge in [-0.25, -0.2) is 17.2 Å². The quantitative estimate of drug-likeness (QED) is 0.365. The Morgan fingerprint density at radius 2 is 1.26 bits per heavy atom. The molecule has 3 rings (SSSR count). The Kier molecular flexibility index (Phi) is 5.28. The van der Waals surface area contributed by atoms with Gasteiger partial charge in [0, 0.05) is 5.56 Å². The van der Waals surface area contributed by atoms with Crippen LogP contribution < -0.4 is 0 Å². The van der Waals surface area contributed by atoms with E-state index in [2.05, 4.69) is 0 Å². The summed E-state index contributed by atoms with van der Waals surface area (Å²) in [6.07, 6.45) is 1.19. The minimum absolute atomic E-state index is 0.191. The van der Waals surface area contributed by atoms with Crippen molar-refractivity contribution in [2.24, 2.45) is 0 Å². The molecule has 0 radical (unpaired) electrons. The molecule has 3 aromatic carbocycles. The molecule has 3 aromatic rings. The van der Waals surface area contributed by atoms with Crippen molar-refractivity contribution >= 4 is 21.7 Å². The van der Waals surface area contributed by atoms with E-state index < -0.39 is 32.2 Å². The zero-order chi connectivity index (χ0) is 19.4. The third-order valence-electron chi connectivity index (χ3n) is 3.84. The summed E-state index contributed by atoms with van der Waals surface area (Å²) in [6.45, 7) is 0. The van der Waals surface area contributed by atoms with Crippen LogP contribution in [0, 0.1) is 11.6 Å². The van der Waals surface area contributed by atoms with Crippen molar-refractivity contribution in [1.29, 1.82) is 0 Å². The molecular weight excluding hydrogens is 370 g/mol. The highest BCUT2D eigenvalue weighted by Crippen LogP contribution is 2.25. The van der Waals surface area contributed by atoms with Crippen LogP contribution in [0.15, 0.2) is 88.7 Å². The standard InChI is InChI=1S/C21H14F2O3S/c22-17-8-6-15(7-9-17)14-20(21(24)16-4-2-1-3-5-16)27(25,26)19-12-10-18(23)11-13-19/h1-14H/b20-14-. The van der Waals surface area contributed by atoms with Gasteiger partial charge in [-0.2, -0.15) is 0 Å². The third-order valence-corrected chi connectivity index (χ3v) is 5.62. The summed E-state index contributed by atoms with van der Waals surface area (Å²) < 4.78 is 52.4. The highest BCUT2D eigenvalue weighted by Gasteiger charge is 2.28. The first-order valence-corrected chi connectivity index (χ1v) is 9.44. The maximum atomic E-state index is 13.2. The second-order valence-electron chi connectivity index (χ2n) is 5.71. The van der Waals surface area contributed by atoms with Gasteiger partial charge in [0.2, 0.25) is 15.6 Å². The Labute approximate surface area is 155 Å². The number of hydrogen-bond acceptors (Lipinski definition) is 3. The molecule has 0 aliphatic rings. The first-order chi connectivity index (χ1) is 12.9. The minimum Gasteiger partial charge on any atom is -0.288 e. The predicted octanol–water partition coefficient (Wildman–Crippen LogP) is 4.66. The largest absolute Gasteiger partial charge is 0.288 e. The van der Waals surface area contributed by atoms with E-state index in [1.807, 2.05) is 0 Å². The van der Waals surface area contributed by atoms with E-state index in [0.29, 0.717) is 5.56 Å². The van der Waals surface area contributed by atoms with Gasteiger partial charge in [0.1, 0.15) is 16.5 Å². The molecule has 0 heterocycles. The lowest BCUT2D eigenvalue weighted by atomic mass is 10.1. The highest BCUT2D eigenvalue weighted by atomic mass is 32.2. The molecule has 0 aromatic heterocycles. The number of ketones is 1. The average molecular weight is 384 g/mol. The number of rotatable bonds is 5.